The smallest absolute Gasteiger partial charge is 0.211 e. The quantitative estimate of drug-likeness (QED) is 0.443. The lowest BCUT2D eigenvalue weighted by atomic mass is 10.1. The summed E-state index contributed by atoms with van der Waals surface area (Å²) in [6, 6.07) is 7.43. The largest absolute Gasteiger partial charge is 0.496 e. The Bertz CT molecular complexity index is 483. The lowest BCUT2D eigenvalue weighted by Crippen LogP contribution is -2.21. The van der Waals surface area contributed by atoms with Crippen LogP contribution in [0, 0.1) is 11.3 Å². The third-order valence-corrected chi connectivity index (χ3v) is 1.95. The maximum absolute atomic E-state index is 8.69. The average molecular weight is 231 g/mol. The van der Waals surface area contributed by atoms with Crippen LogP contribution in [0.5, 0.6) is 5.75 Å². The van der Waals surface area contributed by atoms with Crippen molar-refractivity contribution in [1.29, 1.82) is 5.26 Å². The third-order valence-electron chi connectivity index (χ3n) is 1.95. The molecule has 0 bridgehead atoms. The highest BCUT2D eigenvalue weighted by atomic mass is 16.5. The second-order valence-electron chi connectivity index (χ2n) is 3.18. The van der Waals surface area contributed by atoms with Crippen molar-refractivity contribution in [3.8, 4) is 11.8 Å². The Morgan fingerprint density at radius 2 is 2.29 bits per heavy atom. The van der Waals surface area contributed by atoms with Gasteiger partial charge in [-0.25, -0.2) is 0 Å². The van der Waals surface area contributed by atoms with Crippen LogP contribution in [-0.2, 0) is 6.42 Å². The minimum atomic E-state index is -0.105. The summed E-state index contributed by atoms with van der Waals surface area (Å²) in [6.45, 7) is 0. The third kappa shape index (κ3) is 3.83. The zero-order valence-corrected chi connectivity index (χ0v) is 9.42. The van der Waals surface area contributed by atoms with E-state index in [4.69, 9.17) is 21.5 Å². The topological polar surface area (TPSA) is 110 Å². The number of nitriles is 1. The van der Waals surface area contributed by atoms with Crippen LogP contribution < -0.4 is 16.2 Å². The van der Waals surface area contributed by atoms with Gasteiger partial charge in [-0.2, -0.15) is 10.4 Å². The Morgan fingerprint density at radius 3 is 2.88 bits per heavy atom. The van der Waals surface area contributed by atoms with Crippen LogP contribution in [0.4, 0.5) is 0 Å². The second kappa shape index (κ2) is 6.12. The van der Waals surface area contributed by atoms with E-state index in [-0.39, 0.29) is 12.4 Å². The standard InChI is InChI=1S/C11H13N5O/c1-17-10-3-2-8(6-9(10)4-5-12)7-15-16-11(13)14/h2-3,6-7H,4H2,1H3,(H4,13,14,16). The van der Waals surface area contributed by atoms with E-state index in [0.29, 0.717) is 5.75 Å². The van der Waals surface area contributed by atoms with E-state index in [1.807, 2.05) is 0 Å². The van der Waals surface area contributed by atoms with Crippen LogP contribution in [0.1, 0.15) is 11.1 Å². The molecule has 6 heteroatoms. The van der Waals surface area contributed by atoms with Gasteiger partial charge in [0.2, 0.25) is 5.96 Å². The number of nitrogens with zero attached hydrogens (tertiary/aromatic N) is 3. The molecule has 0 aliphatic carbocycles. The fourth-order valence-corrected chi connectivity index (χ4v) is 1.26. The molecule has 0 atom stereocenters. The van der Waals surface area contributed by atoms with Gasteiger partial charge in [-0.15, -0.1) is 5.10 Å². The summed E-state index contributed by atoms with van der Waals surface area (Å²) in [4.78, 5) is 0. The van der Waals surface area contributed by atoms with E-state index >= 15 is 0 Å². The first-order valence-electron chi connectivity index (χ1n) is 4.83. The molecule has 0 aromatic heterocycles. The van der Waals surface area contributed by atoms with Crippen LogP contribution in [-0.4, -0.2) is 19.3 Å². The number of ether oxygens (including phenoxy) is 1. The Kier molecular flexibility index (Phi) is 4.51. The van der Waals surface area contributed by atoms with Crippen molar-refractivity contribution >= 4 is 12.2 Å². The molecular formula is C11H13N5O. The zero-order valence-electron chi connectivity index (χ0n) is 9.42. The SMILES string of the molecule is COc1ccc(C=NN=C(N)N)cc1CC#N. The molecule has 4 N–H and O–H groups in total. The Hall–Kier alpha value is -2.55. The lowest BCUT2D eigenvalue weighted by molar-refractivity contribution is 0.411. The van der Waals surface area contributed by atoms with Gasteiger partial charge in [-0.3, -0.25) is 0 Å². The van der Waals surface area contributed by atoms with Crippen molar-refractivity contribution in [2.45, 2.75) is 6.42 Å². The minimum absolute atomic E-state index is 0.105. The summed E-state index contributed by atoms with van der Waals surface area (Å²) in [5, 5.41) is 15.9. The Morgan fingerprint density at radius 1 is 1.53 bits per heavy atom. The number of hydrogen-bond donors (Lipinski definition) is 2. The molecule has 88 valence electrons. The minimum Gasteiger partial charge on any atom is -0.496 e. The highest BCUT2D eigenvalue weighted by Crippen LogP contribution is 2.19. The number of guanidine groups is 1. The normalized spacial score (nSPS) is 9.88. The molecule has 17 heavy (non-hydrogen) atoms. The maximum atomic E-state index is 8.69. The van der Waals surface area contributed by atoms with Crippen molar-refractivity contribution in [2.24, 2.45) is 21.7 Å². The number of benzene rings is 1. The van der Waals surface area contributed by atoms with Gasteiger partial charge in [-0.1, -0.05) is 0 Å². The van der Waals surface area contributed by atoms with E-state index in [2.05, 4.69) is 16.3 Å². The molecular weight excluding hydrogens is 218 g/mol. The van der Waals surface area contributed by atoms with E-state index in [9.17, 15) is 0 Å². The molecule has 0 aliphatic heterocycles. The van der Waals surface area contributed by atoms with Gasteiger partial charge in [0.25, 0.3) is 0 Å². The van der Waals surface area contributed by atoms with Crippen LogP contribution in [0.2, 0.25) is 0 Å². The Labute approximate surface area is 99.2 Å². The summed E-state index contributed by atoms with van der Waals surface area (Å²) in [5.74, 6) is 0.567. The molecule has 0 saturated heterocycles. The number of methoxy groups -OCH3 is 1. The monoisotopic (exact) mass is 231 g/mol. The molecule has 0 aliphatic rings. The van der Waals surface area contributed by atoms with Crippen molar-refractivity contribution < 1.29 is 4.74 Å². The molecule has 0 saturated carbocycles. The highest BCUT2D eigenvalue weighted by Gasteiger charge is 2.02. The molecule has 0 fully saturated rings. The van der Waals surface area contributed by atoms with Crippen molar-refractivity contribution in [3.63, 3.8) is 0 Å². The molecule has 1 aromatic rings. The Balaban J connectivity index is 2.96. The predicted molar refractivity (Wildman–Crippen MR) is 65.7 cm³/mol. The van der Waals surface area contributed by atoms with Gasteiger partial charge < -0.3 is 16.2 Å². The molecule has 0 amide bonds. The van der Waals surface area contributed by atoms with Gasteiger partial charge >= 0.3 is 0 Å². The van der Waals surface area contributed by atoms with Crippen LogP contribution >= 0.6 is 0 Å². The van der Waals surface area contributed by atoms with E-state index < -0.39 is 0 Å². The molecule has 0 unspecified atom stereocenters. The molecule has 0 spiro atoms. The fourth-order valence-electron chi connectivity index (χ4n) is 1.26. The van der Waals surface area contributed by atoms with Crippen molar-refractivity contribution in [1.82, 2.24) is 0 Å². The van der Waals surface area contributed by atoms with E-state index in [1.54, 1.807) is 25.3 Å². The van der Waals surface area contributed by atoms with E-state index in [1.165, 1.54) is 6.21 Å². The molecule has 1 rings (SSSR count). The number of hydrogen-bond acceptors (Lipinski definition) is 4. The summed E-state index contributed by atoms with van der Waals surface area (Å²) in [7, 11) is 1.56. The molecule has 0 radical (unpaired) electrons. The van der Waals surface area contributed by atoms with Gasteiger partial charge in [0, 0.05) is 5.56 Å². The first kappa shape index (κ1) is 12.5. The first-order valence-corrected chi connectivity index (χ1v) is 4.83. The van der Waals surface area contributed by atoms with Crippen LogP contribution in [0.3, 0.4) is 0 Å². The van der Waals surface area contributed by atoms with Crippen molar-refractivity contribution in [2.75, 3.05) is 7.11 Å². The summed E-state index contributed by atoms with van der Waals surface area (Å²) in [5.41, 5.74) is 11.8. The molecule has 0 heterocycles. The summed E-state index contributed by atoms with van der Waals surface area (Å²) >= 11 is 0. The van der Waals surface area contributed by atoms with Gasteiger partial charge in [0.15, 0.2) is 0 Å². The number of nitrogens with two attached hydrogens (primary N) is 2. The van der Waals surface area contributed by atoms with Gasteiger partial charge in [0.1, 0.15) is 5.75 Å². The molecule has 1 aromatic carbocycles. The summed E-state index contributed by atoms with van der Waals surface area (Å²) in [6.07, 6.45) is 1.77. The zero-order chi connectivity index (χ0) is 12.7. The van der Waals surface area contributed by atoms with Crippen LogP contribution in [0.15, 0.2) is 28.4 Å². The molecule has 6 nitrogen and oxygen atoms in total. The summed E-state index contributed by atoms with van der Waals surface area (Å²) < 4.78 is 5.13. The highest BCUT2D eigenvalue weighted by molar-refractivity contribution is 5.82. The lowest BCUT2D eigenvalue weighted by Gasteiger charge is -2.05. The fraction of sp³-hybridized carbons (Fsp3) is 0.182. The van der Waals surface area contributed by atoms with Crippen LogP contribution in [0.25, 0.3) is 0 Å². The predicted octanol–water partition coefficient (Wildman–Crippen LogP) is 0.369. The van der Waals surface area contributed by atoms with E-state index in [0.717, 1.165) is 11.1 Å². The van der Waals surface area contributed by atoms with Gasteiger partial charge in [-0.05, 0) is 23.8 Å². The second-order valence-corrected chi connectivity index (χ2v) is 3.18. The van der Waals surface area contributed by atoms with Crippen molar-refractivity contribution in [3.05, 3.63) is 29.3 Å². The van der Waals surface area contributed by atoms with Gasteiger partial charge in [0.05, 0.1) is 25.8 Å². The average Bonchev–Trinajstić information content (AvgIpc) is 2.29. The number of rotatable bonds is 4. The maximum Gasteiger partial charge on any atom is 0.211 e. The first-order chi connectivity index (χ1) is 8.17.